The molecule has 0 bridgehead atoms. The van der Waals surface area contributed by atoms with Crippen molar-refractivity contribution in [2.45, 2.75) is 9.79 Å². The molecule has 0 spiro atoms. The molecule has 0 aromatic heterocycles. The number of phenolic OH excluding ortho intramolecular Hbond substituents is 2. The van der Waals surface area contributed by atoms with Gasteiger partial charge >= 0.3 is 0 Å². The van der Waals surface area contributed by atoms with Gasteiger partial charge in [0.15, 0.2) is 11.5 Å². The molecule has 1 heterocycles. The van der Waals surface area contributed by atoms with E-state index in [1.165, 1.54) is 17.8 Å². The summed E-state index contributed by atoms with van der Waals surface area (Å²) in [5.41, 5.74) is 0. The zero-order valence-corrected chi connectivity index (χ0v) is 8.99. The molecule has 1 aliphatic heterocycles. The van der Waals surface area contributed by atoms with E-state index in [4.69, 9.17) is 4.74 Å². The zero-order chi connectivity index (χ0) is 11.1. The van der Waals surface area contributed by atoms with Gasteiger partial charge in [0.25, 0.3) is 0 Å². The molecule has 0 aliphatic carbocycles. The molecule has 2 aromatic rings. The molecular weight excluding hydrogens is 224 g/mol. The van der Waals surface area contributed by atoms with Crippen LogP contribution in [0.25, 0.3) is 0 Å². The van der Waals surface area contributed by atoms with E-state index in [2.05, 4.69) is 0 Å². The van der Waals surface area contributed by atoms with Gasteiger partial charge in [0.1, 0.15) is 16.4 Å². The smallest absolute Gasteiger partial charge is 0.175 e. The highest BCUT2D eigenvalue weighted by atomic mass is 32.2. The maximum absolute atomic E-state index is 9.72. The molecule has 0 atom stereocenters. The average Bonchev–Trinajstić information content (AvgIpc) is 2.32. The number of rotatable bonds is 0. The Labute approximate surface area is 96.3 Å². The highest BCUT2D eigenvalue weighted by Gasteiger charge is 2.22. The van der Waals surface area contributed by atoms with E-state index in [1.807, 2.05) is 24.3 Å². The van der Waals surface area contributed by atoms with Crippen molar-refractivity contribution < 1.29 is 14.9 Å². The van der Waals surface area contributed by atoms with Gasteiger partial charge in [0.05, 0.1) is 4.90 Å². The molecule has 2 N–H and O–H groups in total. The Hall–Kier alpha value is -1.81. The zero-order valence-electron chi connectivity index (χ0n) is 8.18. The van der Waals surface area contributed by atoms with Gasteiger partial charge in [0, 0.05) is 0 Å². The third-order valence-electron chi connectivity index (χ3n) is 2.36. The minimum atomic E-state index is -0.130. The second-order valence-electron chi connectivity index (χ2n) is 3.41. The molecule has 80 valence electrons. The van der Waals surface area contributed by atoms with Crippen molar-refractivity contribution in [3.63, 3.8) is 0 Å². The summed E-state index contributed by atoms with van der Waals surface area (Å²) in [6, 6.07) is 10.6. The van der Waals surface area contributed by atoms with Crippen molar-refractivity contribution in [3.05, 3.63) is 36.4 Å². The van der Waals surface area contributed by atoms with Crippen LogP contribution in [0.3, 0.4) is 0 Å². The minimum Gasteiger partial charge on any atom is -0.504 e. The van der Waals surface area contributed by atoms with Crippen molar-refractivity contribution in [3.8, 4) is 23.0 Å². The topological polar surface area (TPSA) is 49.7 Å². The van der Waals surface area contributed by atoms with Gasteiger partial charge in [-0.2, -0.15) is 0 Å². The van der Waals surface area contributed by atoms with Gasteiger partial charge in [-0.1, -0.05) is 23.9 Å². The second kappa shape index (κ2) is 3.35. The first-order valence-electron chi connectivity index (χ1n) is 4.75. The Morgan fingerprint density at radius 1 is 0.938 bits per heavy atom. The highest BCUT2D eigenvalue weighted by Crippen LogP contribution is 2.52. The first kappa shape index (κ1) is 9.42. The van der Waals surface area contributed by atoms with E-state index in [0.717, 1.165) is 10.6 Å². The fraction of sp³-hybridized carbons (Fsp3) is 0. The quantitative estimate of drug-likeness (QED) is 0.583. The molecular formula is C12H8O3S. The average molecular weight is 232 g/mol. The normalized spacial score (nSPS) is 12.5. The Bertz CT molecular complexity index is 566. The molecule has 0 unspecified atom stereocenters. The van der Waals surface area contributed by atoms with Crippen LogP contribution < -0.4 is 4.74 Å². The van der Waals surface area contributed by atoms with Crippen LogP contribution >= 0.6 is 11.8 Å². The maximum atomic E-state index is 9.72. The third-order valence-corrected chi connectivity index (χ3v) is 3.51. The molecule has 0 saturated carbocycles. The van der Waals surface area contributed by atoms with Crippen molar-refractivity contribution >= 4 is 11.8 Å². The molecule has 0 saturated heterocycles. The Morgan fingerprint density at radius 2 is 1.75 bits per heavy atom. The van der Waals surface area contributed by atoms with Gasteiger partial charge in [-0.05, 0) is 24.3 Å². The predicted octanol–water partition coefficient (Wildman–Crippen LogP) is 3.35. The van der Waals surface area contributed by atoms with Crippen LogP contribution in [-0.4, -0.2) is 10.2 Å². The summed E-state index contributed by atoms with van der Waals surface area (Å²) < 4.78 is 5.62. The first-order valence-corrected chi connectivity index (χ1v) is 5.57. The number of fused-ring (bicyclic) bond motifs is 2. The van der Waals surface area contributed by atoms with Gasteiger partial charge < -0.3 is 14.9 Å². The lowest BCUT2D eigenvalue weighted by atomic mass is 10.3. The molecule has 3 nitrogen and oxygen atoms in total. The largest absolute Gasteiger partial charge is 0.504 e. The number of hydrogen-bond donors (Lipinski definition) is 2. The fourth-order valence-electron chi connectivity index (χ4n) is 1.57. The van der Waals surface area contributed by atoms with Crippen LogP contribution in [-0.2, 0) is 0 Å². The Balaban J connectivity index is 2.16. The number of hydrogen-bond acceptors (Lipinski definition) is 4. The minimum absolute atomic E-state index is 0.128. The van der Waals surface area contributed by atoms with E-state index >= 15 is 0 Å². The lowest BCUT2D eigenvalue weighted by Crippen LogP contribution is -1.94. The first-order chi connectivity index (χ1) is 7.75. The molecule has 3 rings (SSSR count). The van der Waals surface area contributed by atoms with Crippen LogP contribution in [0.5, 0.6) is 23.0 Å². The fourth-order valence-corrected chi connectivity index (χ4v) is 2.56. The van der Waals surface area contributed by atoms with Crippen LogP contribution in [0, 0.1) is 0 Å². The van der Waals surface area contributed by atoms with E-state index in [-0.39, 0.29) is 11.5 Å². The molecule has 16 heavy (non-hydrogen) atoms. The summed E-state index contributed by atoms with van der Waals surface area (Å²) in [5, 5.41) is 19.1. The van der Waals surface area contributed by atoms with E-state index in [9.17, 15) is 10.2 Å². The number of para-hydroxylation sites is 1. The van der Waals surface area contributed by atoms with E-state index in [1.54, 1.807) is 6.07 Å². The van der Waals surface area contributed by atoms with Crippen molar-refractivity contribution in [1.29, 1.82) is 0 Å². The van der Waals surface area contributed by atoms with Crippen LogP contribution in [0.15, 0.2) is 46.2 Å². The Morgan fingerprint density at radius 3 is 2.62 bits per heavy atom. The summed E-state index contributed by atoms with van der Waals surface area (Å²) in [6.07, 6.45) is 0. The molecule has 0 amide bonds. The number of aromatic hydroxyl groups is 2. The monoisotopic (exact) mass is 232 g/mol. The summed E-state index contributed by atoms with van der Waals surface area (Å²) >= 11 is 1.39. The van der Waals surface area contributed by atoms with Crippen LogP contribution in [0.4, 0.5) is 0 Å². The molecule has 1 aliphatic rings. The van der Waals surface area contributed by atoms with Crippen LogP contribution in [0.1, 0.15) is 0 Å². The molecule has 0 radical (unpaired) electrons. The lowest BCUT2D eigenvalue weighted by Gasteiger charge is -2.20. The predicted molar refractivity (Wildman–Crippen MR) is 60.4 cm³/mol. The summed E-state index contributed by atoms with van der Waals surface area (Å²) in [4.78, 5) is 1.48. The summed E-state index contributed by atoms with van der Waals surface area (Å²) in [7, 11) is 0. The summed E-state index contributed by atoms with van der Waals surface area (Å²) in [6.45, 7) is 0. The highest BCUT2D eigenvalue weighted by molar-refractivity contribution is 7.99. The van der Waals surface area contributed by atoms with Crippen molar-refractivity contribution in [2.75, 3.05) is 0 Å². The summed E-state index contributed by atoms with van der Waals surface area (Å²) in [5.74, 6) is 1.08. The Kier molecular flexibility index (Phi) is 1.97. The molecule has 4 heteroatoms. The molecule has 0 fully saturated rings. The number of benzene rings is 2. The van der Waals surface area contributed by atoms with Gasteiger partial charge in [-0.25, -0.2) is 0 Å². The van der Waals surface area contributed by atoms with E-state index < -0.39 is 0 Å². The maximum Gasteiger partial charge on any atom is 0.175 e. The number of phenols is 2. The van der Waals surface area contributed by atoms with Crippen molar-refractivity contribution in [2.24, 2.45) is 0 Å². The second-order valence-corrected chi connectivity index (χ2v) is 4.46. The van der Waals surface area contributed by atoms with E-state index in [0.29, 0.717) is 10.6 Å². The number of ether oxygens (including phenoxy) is 1. The van der Waals surface area contributed by atoms with Gasteiger partial charge in [0.2, 0.25) is 0 Å². The SMILES string of the molecule is Oc1ccc2c(c1O)Sc1ccccc1O2. The van der Waals surface area contributed by atoms with Gasteiger partial charge in [-0.15, -0.1) is 0 Å². The lowest BCUT2D eigenvalue weighted by molar-refractivity contribution is 0.381. The third kappa shape index (κ3) is 1.31. The van der Waals surface area contributed by atoms with Gasteiger partial charge in [-0.3, -0.25) is 0 Å². The molecule has 2 aromatic carbocycles. The van der Waals surface area contributed by atoms with Crippen LogP contribution in [0.2, 0.25) is 0 Å². The standard InChI is InChI=1S/C12H8O3S/c13-7-5-6-9-12(11(7)14)16-10-4-2-1-3-8(10)15-9/h1-6,13-14H. The van der Waals surface area contributed by atoms with Crippen molar-refractivity contribution in [1.82, 2.24) is 0 Å².